The number of nitrogens with one attached hydrogen (secondary N) is 1. The molecule has 0 spiro atoms. The summed E-state index contributed by atoms with van der Waals surface area (Å²) >= 11 is 3.58. The zero-order chi connectivity index (χ0) is 14.1. The lowest BCUT2D eigenvalue weighted by Crippen LogP contribution is -2.24. The number of benzene rings is 1. The summed E-state index contributed by atoms with van der Waals surface area (Å²) in [7, 11) is 0. The standard InChI is InChI=1S/C15H24BrNO2/c1-4-17-11-15(19-10-9-18-12(2)3)13-7-5-6-8-14(13)16/h5-8,12,15,17H,4,9-11H2,1-3H3. The van der Waals surface area contributed by atoms with Gasteiger partial charge < -0.3 is 14.8 Å². The first-order valence-electron chi connectivity index (χ1n) is 6.83. The first kappa shape index (κ1) is 16.6. The molecule has 1 aromatic rings. The van der Waals surface area contributed by atoms with Gasteiger partial charge in [-0.15, -0.1) is 0 Å². The molecule has 108 valence electrons. The van der Waals surface area contributed by atoms with Crippen molar-refractivity contribution < 1.29 is 9.47 Å². The maximum Gasteiger partial charge on any atom is 0.0961 e. The van der Waals surface area contributed by atoms with E-state index in [1.165, 1.54) is 5.56 Å². The van der Waals surface area contributed by atoms with Crippen LogP contribution in [0, 0.1) is 0 Å². The van der Waals surface area contributed by atoms with Gasteiger partial charge in [0.15, 0.2) is 0 Å². The summed E-state index contributed by atoms with van der Waals surface area (Å²) < 4.78 is 12.5. The van der Waals surface area contributed by atoms with Gasteiger partial charge in [0, 0.05) is 11.0 Å². The van der Waals surface area contributed by atoms with E-state index in [0.29, 0.717) is 13.2 Å². The van der Waals surface area contributed by atoms with Gasteiger partial charge in [-0.2, -0.15) is 0 Å². The zero-order valence-electron chi connectivity index (χ0n) is 12.0. The van der Waals surface area contributed by atoms with E-state index < -0.39 is 0 Å². The van der Waals surface area contributed by atoms with Crippen molar-refractivity contribution in [1.29, 1.82) is 0 Å². The van der Waals surface area contributed by atoms with Crippen LogP contribution in [0.15, 0.2) is 28.7 Å². The average Bonchev–Trinajstić information content (AvgIpc) is 2.39. The smallest absolute Gasteiger partial charge is 0.0961 e. The summed E-state index contributed by atoms with van der Waals surface area (Å²) in [4.78, 5) is 0. The monoisotopic (exact) mass is 329 g/mol. The molecule has 0 aliphatic heterocycles. The van der Waals surface area contributed by atoms with E-state index in [4.69, 9.17) is 9.47 Å². The van der Waals surface area contributed by atoms with Gasteiger partial charge in [0.25, 0.3) is 0 Å². The first-order chi connectivity index (χ1) is 9.15. The van der Waals surface area contributed by atoms with Crippen LogP contribution < -0.4 is 5.32 Å². The minimum absolute atomic E-state index is 0.0475. The van der Waals surface area contributed by atoms with Gasteiger partial charge in [0.05, 0.1) is 25.4 Å². The van der Waals surface area contributed by atoms with E-state index >= 15 is 0 Å². The molecule has 19 heavy (non-hydrogen) atoms. The lowest BCUT2D eigenvalue weighted by molar-refractivity contribution is -0.0131. The van der Waals surface area contributed by atoms with Crippen molar-refractivity contribution in [2.75, 3.05) is 26.3 Å². The molecule has 0 radical (unpaired) electrons. The van der Waals surface area contributed by atoms with Crippen LogP contribution >= 0.6 is 15.9 Å². The third kappa shape index (κ3) is 6.52. The molecule has 0 fully saturated rings. The SMILES string of the molecule is CCNCC(OCCOC(C)C)c1ccccc1Br. The summed E-state index contributed by atoms with van der Waals surface area (Å²) in [5, 5.41) is 3.34. The van der Waals surface area contributed by atoms with E-state index in [2.05, 4.69) is 34.2 Å². The summed E-state index contributed by atoms with van der Waals surface area (Å²) in [5.74, 6) is 0. The number of likely N-dealkylation sites (N-methyl/N-ethyl adjacent to an activating group) is 1. The Labute approximate surface area is 124 Å². The highest BCUT2D eigenvalue weighted by molar-refractivity contribution is 9.10. The highest BCUT2D eigenvalue weighted by atomic mass is 79.9. The largest absolute Gasteiger partial charge is 0.376 e. The molecular weight excluding hydrogens is 306 g/mol. The topological polar surface area (TPSA) is 30.5 Å². The van der Waals surface area contributed by atoms with E-state index in [-0.39, 0.29) is 12.2 Å². The van der Waals surface area contributed by atoms with Gasteiger partial charge in [-0.25, -0.2) is 0 Å². The van der Waals surface area contributed by atoms with Crippen molar-refractivity contribution >= 4 is 15.9 Å². The van der Waals surface area contributed by atoms with Crippen LogP contribution in [0.4, 0.5) is 0 Å². The lowest BCUT2D eigenvalue weighted by atomic mass is 10.1. The minimum atomic E-state index is 0.0475. The second kappa shape index (κ2) is 9.48. The molecule has 1 aromatic carbocycles. The van der Waals surface area contributed by atoms with Crippen molar-refractivity contribution in [3.63, 3.8) is 0 Å². The Kier molecular flexibility index (Phi) is 8.30. The van der Waals surface area contributed by atoms with Gasteiger partial charge in [-0.3, -0.25) is 0 Å². The Hall–Kier alpha value is -0.420. The molecule has 0 aliphatic carbocycles. The van der Waals surface area contributed by atoms with Crippen molar-refractivity contribution in [3.8, 4) is 0 Å². The molecule has 3 nitrogen and oxygen atoms in total. The molecule has 0 amide bonds. The molecule has 0 aliphatic rings. The normalized spacial score (nSPS) is 12.9. The van der Waals surface area contributed by atoms with E-state index in [1.807, 2.05) is 32.0 Å². The second-order valence-electron chi connectivity index (χ2n) is 4.61. The Balaban J connectivity index is 2.54. The van der Waals surface area contributed by atoms with Crippen LogP contribution in [0.25, 0.3) is 0 Å². The van der Waals surface area contributed by atoms with Crippen LogP contribution in [-0.2, 0) is 9.47 Å². The summed E-state index contributed by atoms with van der Waals surface area (Å²) in [6, 6.07) is 8.18. The fraction of sp³-hybridized carbons (Fsp3) is 0.600. The van der Waals surface area contributed by atoms with Gasteiger partial charge in [-0.1, -0.05) is 41.1 Å². The van der Waals surface area contributed by atoms with Crippen LogP contribution in [0.3, 0.4) is 0 Å². The number of hydrogen-bond donors (Lipinski definition) is 1. The molecule has 1 rings (SSSR count). The number of ether oxygens (including phenoxy) is 2. The minimum Gasteiger partial charge on any atom is -0.376 e. The molecule has 0 saturated heterocycles. The molecule has 1 N–H and O–H groups in total. The quantitative estimate of drug-likeness (QED) is 0.703. The predicted octanol–water partition coefficient (Wildman–Crippen LogP) is 3.54. The van der Waals surface area contributed by atoms with Crippen molar-refractivity contribution in [3.05, 3.63) is 34.3 Å². The van der Waals surface area contributed by atoms with Crippen LogP contribution in [0.2, 0.25) is 0 Å². The van der Waals surface area contributed by atoms with Crippen molar-refractivity contribution in [1.82, 2.24) is 5.32 Å². The molecule has 4 heteroatoms. The summed E-state index contributed by atoms with van der Waals surface area (Å²) in [6.45, 7) is 9.14. The third-order valence-corrected chi connectivity index (χ3v) is 3.41. The number of rotatable bonds is 9. The average molecular weight is 330 g/mol. The fourth-order valence-corrected chi connectivity index (χ4v) is 2.28. The number of hydrogen-bond acceptors (Lipinski definition) is 3. The molecule has 1 atom stereocenters. The molecule has 0 bridgehead atoms. The maximum absolute atomic E-state index is 5.94. The summed E-state index contributed by atoms with van der Waals surface area (Å²) in [5.41, 5.74) is 1.17. The van der Waals surface area contributed by atoms with Crippen LogP contribution in [0.5, 0.6) is 0 Å². The lowest BCUT2D eigenvalue weighted by Gasteiger charge is -2.20. The Morgan fingerprint density at radius 1 is 1.16 bits per heavy atom. The van der Waals surface area contributed by atoms with Crippen LogP contribution in [-0.4, -0.2) is 32.4 Å². The van der Waals surface area contributed by atoms with Crippen LogP contribution in [0.1, 0.15) is 32.4 Å². The highest BCUT2D eigenvalue weighted by Crippen LogP contribution is 2.25. The predicted molar refractivity (Wildman–Crippen MR) is 82.5 cm³/mol. The first-order valence-corrected chi connectivity index (χ1v) is 7.62. The van der Waals surface area contributed by atoms with E-state index in [9.17, 15) is 0 Å². The van der Waals surface area contributed by atoms with Gasteiger partial charge >= 0.3 is 0 Å². The molecule has 0 aromatic heterocycles. The Morgan fingerprint density at radius 3 is 2.47 bits per heavy atom. The summed E-state index contributed by atoms with van der Waals surface area (Å²) in [6.07, 6.45) is 0.297. The third-order valence-electron chi connectivity index (χ3n) is 2.69. The van der Waals surface area contributed by atoms with Gasteiger partial charge in [0.1, 0.15) is 0 Å². The Morgan fingerprint density at radius 2 is 1.84 bits per heavy atom. The number of halogens is 1. The molecular formula is C15H24BrNO2. The Bertz CT molecular complexity index is 358. The maximum atomic E-state index is 5.94. The zero-order valence-corrected chi connectivity index (χ0v) is 13.6. The van der Waals surface area contributed by atoms with E-state index in [0.717, 1.165) is 17.6 Å². The molecule has 1 unspecified atom stereocenters. The molecule has 0 saturated carbocycles. The van der Waals surface area contributed by atoms with E-state index in [1.54, 1.807) is 0 Å². The van der Waals surface area contributed by atoms with Gasteiger partial charge in [-0.05, 0) is 32.0 Å². The molecule has 0 heterocycles. The fourth-order valence-electron chi connectivity index (χ4n) is 1.74. The van der Waals surface area contributed by atoms with Gasteiger partial charge in [0.2, 0.25) is 0 Å². The van der Waals surface area contributed by atoms with Crippen molar-refractivity contribution in [2.45, 2.75) is 33.0 Å². The second-order valence-corrected chi connectivity index (χ2v) is 5.46. The highest BCUT2D eigenvalue weighted by Gasteiger charge is 2.14. The van der Waals surface area contributed by atoms with Crippen molar-refractivity contribution in [2.24, 2.45) is 0 Å².